The highest BCUT2D eigenvalue weighted by Gasteiger charge is 2.32. The van der Waals surface area contributed by atoms with Gasteiger partial charge in [-0.25, -0.2) is 4.79 Å². The zero-order valence-electron chi connectivity index (χ0n) is 14.9. The lowest BCUT2D eigenvalue weighted by molar-refractivity contribution is -0.142. The molecule has 0 saturated carbocycles. The van der Waals surface area contributed by atoms with Crippen molar-refractivity contribution >= 4 is 11.9 Å². The molecule has 0 spiro atoms. The zero-order valence-corrected chi connectivity index (χ0v) is 14.9. The molecule has 132 valence electrons. The van der Waals surface area contributed by atoms with E-state index in [9.17, 15) is 14.7 Å². The molecule has 0 bridgehead atoms. The van der Waals surface area contributed by atoms with Gasteiger partial charge in [0.05, 0.1) is 0 Å². The second-order valence-corrected chi connectivity index (χ2v) is 7.42. The Bertz CT molecular complexity index is 665. The Labute approximate surface area is 148 Å². The number of carbonyl (C=O) groups is 2. The molecule has 0 unspecified atom stereocenters. The molecule has 2 rings (SSSR count). The van der Waals surface area contributed by atoms with E-state index >= 15 is 0 Å². The van der Waals surface area contributed by atoms with E-state index in [1.165, 1.54) is 0 Å². The van der Waals surface area contributed by atoms with Gasteiger partial charge in [0.25, 0.3) is 0 Å². The van der Waals surface area contributed by atoms with Crippen molar-refractivity contribution in [1.29, 1.82) is 0 Å². The Kier molecular flexibility index (Phi) is 5.97. The van der Waals surface area contributed by atoms with Crippen LogP contribution in [-0.4, -0.2) is 23.0 Å². The number of nitrogens with one attached hydrogen (secondary N) is 1. The highest BCUT2D eigenvalue weighted by atomic mass is 16.4. The smallest absolute Gasteiger partial charge is 0.327 e. The van der Waals surface area contributed by atoms with Crippen LogP contribution < -0.4 is 5.32 Å². The van der Waals surface area contributed by atoms with Crippen LogP contribution in [0, 0.1) is 5.41 Å². The predicted molar refractivity (Wildman–Crippen MR) is 98.4 cm³/mol. The Morgan fingerprint density at radius 1 is 0.920 bits per heavy atom. The number of aliphatic carboxylic acids is 1. The Morgan fingerprint density at radius 3 is 1.72 bits per heavy atom. The van der Waals surface area contributed by atoms with Gasteiger partial charge in [-0.3, -0.25) is 4.79 Å². The number of hydrogen-bond donors (Lipinski definition) is 2. The topological polar surface area (TPSA) is 66.4 Å². The van der Waals surface area contributed by atoms with Crippen molar-refractivity contribution in [2.24, 2.45) is 5.41 Å². The molecule has 2 N–H and O–H groups in total. The molecule has 0 aliphatic heterocycles. The maximum atomic E-state index is 12.4. The van der Waals surface area contributed by atoms with Gasteiger partial charge in [0, 0.05) is 12.3 Å². The third-order valence-electron chi connectivity index (χ3n) is 3.92. The van der Waals surface area contributed by atoms with Crippen molar-refractivity contribution in [3.05, 3.63) is 71.8 Å². The number of benzene rings is 2. The lowest BCUT2D eigenvalue weighted by atomic mass is 9.84. The summed E-state index contributed by atoms with van der Waals surface area (Å²) in [7, 11) is 0. The van der Waals surface area contributed by atoms with Crippen LogP contribution in [0.4, 0.5) is 0 Å². The van der Waals surface area contributed by atoms with E-state index in [1.54, 1.807) is 0 Å². The minimum atomic E-state index is -1.04. The van der Waals surface area contributed by atoms with Gasteiger partial charge in [0.1, 0.15) is 6.04 Å². The highest BCUT2D eigenvalue weighted by molar-refractivity contribution is 5.85. The Hall–Kier alpha value is -2.62. The summed E-state index contributed by atoms with van der Waals surface area (Å²) in [6.45, 7) is 5.86. The van der Waals surface area contributed by atoms with Gasteiger partial charge >= 0.3 is 5.97 Å². The molecule has 0 saturated heterocycles. The van der Waals surface area contributed by atoms with Crippen LogP contribution in [0.25, 0.3) is 0 Å². The van der Waals surface area contributed by atoms with E-state index in [1.807, 2.05) is 81.4 Å². The average Bonchev–Trinajstić information content (AvgIpc) is 2.54. The minimum Gasteiger partial charge on any atom is -0.480 e. The maximum absolute atomic E-state index is 12.4. The number of hydrogen-bond acceptors (Lipinski definition) is 2. The summed E-state index contributed by atoms with van der Waals surface area (Å²) in [5.41, 5.74) is 1.51. The predicted octanol–water partition coefficient (Wildman–Crippen LogP) is 3.82. The molecule has 4 heteroatoms. The van der Waals surface area contributed by atoms with E-state index in [4.69, 9.17) is 0 Å². The molecule has 0 aromatic heterocycles. The van der Waals surface area contributed by atoms with E-state index < -0.39 is 17.9 Å². The van der Waals surface area contributed by atoms with Crippen molar-refractivity contribution < 1.29 is 14.7 Å². The molecule has 2 aromatic carbocycles. The molecule has 1 amide bonds. The van der Waals surface area contributed by atoms with E-state index in [-0.39, 0.29) is 17.7 Å². The second-order valence-electron chi connectivity index (χ2n) is 7.42. The number of amides is 1. The van der Waals surface area contributed by atoms with Crippen molar-refractivity contribution in [1.82, 2.24) is 5.32 Å². The van der Waals surface area contributed by atoms with Gasteiger partial charge in [-0.05, 0) is 16.5 Å². The third-order valence-corrected chi connectivity index (χ3v) is 3.92. The van der Waals surface area contributed by atoms with E-state index in [2.05, 4.69) is 5.32 Å². The fraction of sp³-hybridized carbons (Fsp3) is 0.333. The van der Waals surface area contributed by atoms with Gasteiger partial charge in [-0.15, -0.1) is 0 Å². The molecule has 0 aliphatic rings. The SMILES string of the molecule is CC(C)(C)CC(=O)N[C@H](C(=O)O)C(c1ccccc1)c1ccccc1. The quantitative estimate of drug-likeness (QED) is 0.841. The van der Waals surface area contributed by atoms with Crippen molar-refractivity contribution in [3.63, 3.8) is 0 Å². The normalized spacial score (nSPS) is 12.6. The fourth-order valence-corrected chi connectivity index (χ4v) is 2.89. The van der Waals surface area contributed by atoms with Crippen molar-refractivity contribution in [2.75, 3.05) is 0 Å². The summed E-state index contributed by atoms with van der Waals surface area (Å²) in [4.78, 5) is 24.3. The molecule has 4 nitrogen and oxygen atoms in total. The van der Waals surface area contributed by atoms with Crippen LogP contribution in [0.1, 0.15) is 44.2 Å². The summed E-state index contributed by atoms with van der Waals surface area (Å²) >= 11 is 0. The fourth-order valence-electron chi connectivity index (χ4n) is 2.89. The summed E-state index contributed by atoms with van der Waals surface area (Å²) in [6.07, 6.45) is 0.271. The number of carbonyl (C=O) groups excluding carboxylic acids is 1. The Balaban J connectivity index is 2.38. The first kappa shape index (κ1) is 18.7. The van der Waals surface area contributed by atoms with Gasteiger partial charge < -0.3 is 10.4 Å². The summed E-state index contributed by atoms with van der Waals surface area (Å²) in [5, 5.41) is 12.5. The van der Waals surface area contributed by atoms with Crippen LogP contribution in [0.2, 0.25) is 0 Å². The zero-order chi connectivity index (χ0) is 18.4. The van der Waals surface area contributed by atoms with Crippen molar-refractivity contribution in [2.45, 2.75) is 39.2 Å². The Morgan fingerprint density at radius 2 is 1.36 bits per heavy atom. The maximum Gasteiger partial charge on any atom is 0.327 e. The van der Waals surface area contributed by atoms with Crippen LogP contribution in [0.3, 0.4) is 0 Å². The second kappa shape index (κ2) is 7.97. The molecular weight excluding hydrogens is 314 g/mol. The van der Waals surface area contributed by atoms with Gasteiger partial charge in [0.15, 0.2) is 0 Å². The van der Waals surface area contributed by atoms with Crippen LogP contribution in [-0.2, 0) is 9.59 Å². The molecule has 0 radical (unpaired) electrons. The molecule has 2 aromatic rings. The molecule has 0 fully saturated rings. The lowest BCUT2D eigenvalue weighted by Crippen LogP contribution is -2.46. The summed E-state index contributed by atoms with van der Waals surface area (Å²) in [5.74, 6) is -1.75. The average molecular weight is 339 g/mol. The van der Waals surface area contributed by atoms with Gasteiger partial charge in [-0.2, -0.15) is 0 Å². The molecule has 25 heavy (non-hydrogen) atoms. The molecule has 1 atom stereocenters. The van der Waals surface area contributed by atoms with Crippen LogP contribution in [0.5, 0.6) is 0 Å². The van der Waals surface area contributed by atoms with E-state index in [0.29, 0.717) is 0 Å². The molecule has 0 heterocycles. The first-order chi connectivity index (χ1) is 11.8. The largest absolute Gasteiger partial charge is 0.480 e. The lowest BCUT2D eigenvalue weighted by Gasteiger charge is -2.27. The van der Waals surface area contributed by atoms with Gasteiger partial charge in [0.2, 0.25) is 5.91 Å². The number of carboxylic acid groups (broad SMARTS) is 1. The minimum absolute atomic E-state index is 0.206. The number of carboxylic acids is 1. The van der Waals surface area contributed by atoms with E-state index in [0.717, 1.165) is 11.1 Å². The van der Waals surface area contributed by atoms with Crippen LogP contribution in [0.15, 0.2) is 60.7 Å². The highest BCUT2D eigenvalue weighted by Crippen LogP contribution is 2.29. The summed E-state index contributed by atoms with van der Waals surface area (Å²) < 4.78 is 0. The first-order valence-electron chi connectivity index (χ1n) is 8.40. The summed E-state index contributed by atoms with van der Waals surface area (Å²) in [6, 6.07) is 17.8. The third kappa shape index (κ3) is 5.45. The molecule has 0 aliphatic carbocycles. The number of rotatable bonds is 6. The standard InChI is InChI=1S/C21H25NO3/c1-21(2,3)14-17(23)22-19(20(24)25)18(15-10-6-4-7-11-15)16-12-8-5-9-13-16/h4-13,18-19H,14H2,1-3H3,(H,22,23)(H,24,25)/t19-/m0/s1. The first-order valence-corrected chi connectivity index (χ1v) is 8.40. The van der Waals surface area contributed by atoms with Crippen molar-refractivity contribution in [3.8, 4) is 0 Å². The molecular formula is C21H25NO3. The van der Waals surface area contributed by atoms with Gasteiger partial charge in [-0.1, -0.05) is 81.4 Å². The monoisotopic (exact) mass is 339 g/mol. The van der Waals surface area contributed by atoms with Crippen LogP contribution >= 0.6 is 0 Å².